The minimum Gasteiger partial charge on any atom is -0.388 e. The maximum absolute atomic E-state index is 14.6. The van der Waals surface area contributed by atoms with Crippen molar-refractivity contribution in [3.8, 4) is 0 Å². The molecule has 0 saturated carbocycles. The molecule has 7 nitrogen and oxygen atoms in total. The highest BCUT2D eigenvalue weighted by Gasteiger charge is 2.71. The molecule has 14 heteroatoms. The Morgan fingerprint density at radius 2 is 1.56 bits per heavy atom. The third kappa shape index (κ3) is 7.11. The molecule has 4 N–H and O–H groups in total. The Hall–Kier alpha value is -2.94. The van der Waals surface area contributed by atoms with Gasteiger partial charge >= 0.3 is 18.4 Å². The first-order valence-electron chi connectivity index (χ1n) is 13.0. The molecule has 2 fully saturated rings. The molecule has 41 heavy (non-hydrogen) atoms. The van der Waals surface area contributed by atoms with Crippen molar-refractivity contribution in [2.24, 2.45) is 5.92 Å². The predicted molar refractivity (Wildman–Crippen MR) is 133 cm³/mol. The van der Waals surface area contributed by atoms with Crippen LogP contribution in [0.1, 0.15) is 29.5 Å². The Labute approximate surface area is 231 Å². The average molecular weight is 594 g/mol. The van der Waals surface area contributed by atoms with Crippen LogP contribution in [0.25, 0.3) is 0 Å². The molecule has 0 radical (unpaired) electrons. The van der Waals surface area contributed by atoms with Crippen LogP contribution in [-0.2, 0) is 23.3 Å². The molecule has 2 aromatic carbocycles. The van der Waals surface area contributed by atoms with E-state index in [2.05, 4.69) is 10.6 Å². The molecule has 226 valence electrons. The van der Waals surface area contributed by atoms with Crippen LogP contribution in [0.3, 0.4) is 0 Å². The number of aliphatic hydroxyl groups excluding tert-OH is 1. The molecule has 0 aromatic heterocycles. The Balaban J connectivity index is 1.27. The van der Waals surface area contributed by atoms with Crippen LogP contribution in [0.5, 0.6) is 0 Å². The lowest BCUT2D eigenvalue weighted by molar-refractivity contribution is -0.376. The van der Waals surface area contributed by atoms with Gasteiger partial charge in [-0.15, -0.1) is 0 Å². The molecule has 2 unspecified atom stereocenters. The lowest BCUT2D eigenvalue weighted by Gasteiger charge is -2.33. The molecule has 0 spiro atoms. The van der Waals surface area contributed by atoms with E-state index in [9.17, 15) is 45.7 Å². The second-order valence-electron chi connectivity index (χ2n) is 10.5. The number of likely N-dealkylation sites (tertiary alicyclic amines) is 1. The van der Waals surface area contributed by atoms with Gasteiger partial charge in [-0.1, -0.05) is 30.3 Å². The number of urea groups is 1. The molecule has 4 rings (SSSR count). The fourth-order valence-corrected chi connectivity index (χ4v) is 5.07. The van der Waals surface area contributed by atoms with Crippen LogP contribution in [0.15, 0.2) is 42.5 Å². The van der Waals surface area contributed by atoms with E-state index in [0.29, 0.717) is 43.8 Å². The number of amides is 2. The van der Waals surface area contributed by atoms with Gasteiger partial charge in [0, 0.05) is 12.1 Å². The zero-order valence-corrected chi connectivity index (χ0v) is 21.7. The molecular weight excluding hydrogens is 563 g/mol. The SMILES string of the molecule is O=C(Nc1ccc(CC2CCN(Cc3ccc(C(O)(C(F)(F)F)C(F)(F)F)cc3)CC2)cc1F)NC1COCC1O. The summed E-state index contributed by atoms with van der Waals surface area (Å²) in [6, 6.07) is 6.86. The first-order valence-corrected chi connectivity index (χ1v) is 13.0. The monoisotopic (exact) mass is 593 g/mol. The van der Waals surface area contributed by atoms with Gasteiger partial charge < -0.3 is 25.6 Å². The molecule has 2 atom stereocenters. The summed E-state index contributed by atoms with van der Waals surface area (Å²) < 4.78 is 98.2. The van der Waals surface area contributed by atoms with Crippen LogP contribution in [-0.4, -0.2) is 71.9 Å². The minimum absolute atomic E-state index is 0.00982. The summed E-state index contributed by atoms with van der Waals surface area (Å²) in [5.41, 5.74) is -5.02. The molecule has 2 aliphatic heterocycles. The lowest BCUT2D eigenvalue weighted by Crippen LogP contribution is -2.53. The zero-order chi connectivity index (χ0) is 30.0. The van der Waals surface area contributed by atoms with Gasteiger partial charge in [0.05, 0.1) is 31.0 Å². The van der Waals surface area contributed by atoms with Crippen molar-refractivity contribution in [3.05, 3.63) is 65.0 Å². The smallest absolute Gasteiger partial charge is 0.388 e. The van der Waals surface area contributed by atoms with Crippen LogP contribution in [0, 0.1) is 11.7 Å². The van der Waals surface area contributed by atoms with E-state index in [0.717, 1.165) is 30.5 Å². The molecule has 2 heterocycles. The predicted octanol–water partition coefficient (Wildman–Crippen LogP) is 4.47. The number of piperidine rings is 1. The molecule has 2 aliphatic rings. The second kappa shape index (κ2) is 12.1. The van der Waals surface area contributed by atoms with Gasteiger partial charge in [0.2, 0.25) is 0 Å². The van der Waals surface area contributed by atoms with Gasteiger partial charge in [-0.3, -0.25) is 4.90 Å². The van der Waals surface area contributed by atoms with E-state index >= 15 is 0 Å². The molecule has 2 saturated heterocycles. The minimum atomic E-state index is -5.93. The average Bonchev–Trinajstić information content (AvgIpc) is 3.29. The fraction of sp³-hybridized carbons (Fsp3) is 0.519. The van der Waals surface area contributed by atoms with E-state index < -0.39 is 47.5 Å². The van der Waals surface area contributed by atoms with Crippen molar-refractivity contribution in [2.45, 2.75) is 55.9 Å². The van der Waals surface area contributed by atoms with E-state index in [1.165, 1.54) is 12.1 Å². The molecule has 2 aromatic rings. The van der Waals surface area contributed by atoms with Gasteiger partial charge in [0.15, 0.2) is 0 Å². The molecule has 0 aliphatic carbocycles. The third-order valence-electron chi connectivity index (χ3n) is 7.48. The van der Waals surface area contributed by atoms with Crippen LogP contribution >= 0.6 is 0 Å². The Morgan fingerprint density at radius 1 is 0.951 bits per heavy atom. The first kappa shape index (κ1) is 31.0. The maximum Gasteiger partial charge on any atom is 0.430 e. The Kier molecular flexibility index (Phi) is 9.16. The van der Waals surface area contributed by atoms with Crippen molar-refractivity contribution in [1.29, 1.82) is 0 Å². The number of carbonyl (C=O) groups is 1. The largest absolute Gasteiger partial charge is 0.430 e. The summed E-state index contributed by atoms with van der Waals surface area (Å²) >= 11 is 0. The van der Waals surface area contributed by atoms with Gasteiger partial charge in [-0.05, 0) is 61.5 Å². The second-order valence-corrected chi connectivity index (χ2v) is 10.5. The summed E-state index contributed by atoms with van der Waals surface area (Å²) in [5.74, 6) is -0.378. The number of nitrogens with one attached hydrogen (secondary N) is 2. The third-order valence-corrected chi connectivity index (χ3v) is 7.48. The van der Waals surface area contributed by atoms with Crippen LogP contribution in [0.2, 0.25) is 0 Å². The number of aliphatic hydroxyl groups is 2. The number of halogens is 7. The number of rotatable bonds is 7. The molecule has 2 amide bonds. The van der Waals surface area contributed by atoms with Crippen molar-refractivity contribution >= 4 is 11.7 Å². The maximum atomic E-state index is 14.6. The summed E-state index contributed by atoms with van der Waals surface area (Å²) in [6.07, 6.45) is -10.6. The first-order chi connectivity index (χ1) is 19.2. The summed E-state index contributed by atoms with van der Waals surface area (Å²) in [7, 11) is 0. The Morgan fingerprint density at radius 3 is 2.10 bits per heavy atom. The topological polar surface area (TPSA) is 94.1 Å². The number of carbonyl (C=O) groups excluding carboxylic acids is 1. The van der Waals surface area contributed by atoms with Crippen molar-refractivity contribution in [1.82, 2.24) is 10.2 Å². The standard InChI is InChI=1S/C27H30F7N3O4/c28-20-12-18(3-6-21(20)35-24(39)36-22-14-41-15-23(22)38)11-16-7-9-37(10-8-16)13-17-1-4-19(5-2-17)25(40,26(29,30)31)27(32,33)34/h1-6,12,16,22-23,38,40H,7-11,13-15H2,(H2,35,36,39). The Bertz CT molecular complexity index is 1180. The van der Waals surface area contributed by atoms with Crippen LogP contribution in [0.4, 0.5) is 41.2 Å². The van der Waals surface area contributed by atoms with E-state index in [4.69, 9.17) is 4.74 Å². The quantitative estimate of drug-likeness (QED) is 0.356. The highest BCUT2D eigenvalue weighted by Crippen LogP contribution is 2.50. The van der Waals surface area contributed by atoms with Gasteiger partial charge in [-0.2, -0.15) is 26.3 Å². The normalized spacial score (nSPS) is 21.2. The summed E-state index contributed by atoms with van der Waals surface area (Å²) in [4.78, 5) is 14.1. The highest BCUT2D eigenvalue weighted by atomic mass is 19.4. The van der Waals surface area contributed by atoms with E-state index in [1.54, 1.807) is 6.07 Å². The van der Waals surface area contributed by atoms with E-state index in [1.807, 2.05) is 4.90 Å². The van der Waals surface area contributed by atoms with Crippen molar-refractivity contribution in [2.75, 3.05) is 31.6 Å². The van der Waals surface area contributed by atoms with Gasteiger partial charge in [-0.25, -0.2) is 9.18 Å². The van der Waals surface area contributed by atoms with Gasteiger partial charge in [0.25, 0.3) is 5.60 Å². The van der Waals surface area contributed by atoms with E-state index in [-0.39, 0.29) is 24.8 Å². The van der Waals surface area contributed by atoms with Crippen LogP contribution < -0.4 is 10.6 Å². The number of anilines is 1. The molecular formula is C27H30F7N3O4. The highest BCUT2D eigenvalue weighted by molar-refractivity contribution is 5.89. The van der Waals surface area contributed by atoms with Crippen molar-refractivity contribution < 1.29 is 50.5 Å². The number of benzene rings is 2. The summed E-state index contributed by atoms with van der Waals surface area (Å²) in [5, 5.41) is 24.2. The molecule has 0 bridgehead atoms. The number of nitrogens with zero attached hydrogens (tertiary/aromatic N) is 1. The lowest BCUT2D eigenvalue weighted by atomic mass is 9.89. The van der Waals surface area contributed by atoms with Gasteiger partial charge in [0.1, 0.15) is 5.82 Å². The number of alkyl halides is 6. The number of hydrogen-bond donors (Lipinski definition) is 4. The number of hydrogen-bond acceptors (Lipinski definition) is 5. The number of ether oxygens (including phenoxy) is 1. The summed E-state index contributed by atoms with van der Waals surface area (Å²) in [6.45, 7) is 1.84. The zero-order valence-electron chi connectivity index (χ0n) is 21.7. The van der Waals surface area contributed by atoms with Crippen molar-refractivity contribution in [3.63, 3.8) is 0 Å². The fourth-order valence-electron chi connectivity index (χ4n) is 5.07.